The first-order valence-corrected chi connectivity index (χ1v) is 12.3. The maximum Gasteiger partial charge on any atom is 0.306 e. The molecule has 176 valence electrons. The second kappa shape index (κ2) is 10.7. The third-order valence-corrected chi connectivity index (χ3v) is 7.11. The number of hydrogen-bond acceptors (Lipinski definition) is 6. The lowest BCUT2D eigenvalue weighted by atomic mass is 10.2. The lowest BCUT2D eigenvalue weighted by Crippen LogP contribution is -2.26. The van der Waals surface area contributed by atoms with E-state index in [0.29, 0.717) is 17.8 Å². The Hall–Kier alpha value is -3.04. The molecule has 0 amide bonds. The fourth-order valence-corrected chi connectivity index (χ4v) is 4.38. The van der Waals surface area contributed by atoms with Crippen molar-refractivity contribution in [1.82, 2.24) is 13.9 Å². The summed E-state index contributed by atoms with van der Waals surface area (Å²) in [7, 11) is -0.656. The minimum absolute atomic E-state index is 0.00401. The number of hydrogen-bond donors (Lipinski definition) is 0. The summed E-state index contributed by atoms with van der Waals surface area (Å²) < 4.78 is 32.7. The maximum atomic E-state index is 13.0. The van der Waals surface area contributed by atoms with Crippen LogP contribution in [0.5, 0.6) is 0 Å². The number of rotatable bonds is 10. The highest BCUT2D eigenvalue weighted by molar-refractivity contribution is 7.89. The summed E-state index contributed by atoms with van der Waals surface area (Å²) in [4.78, 5) is 29.9. The fourth-order valence-electron chi connectivity index (χ4n) is 3.41. The van der Waals surface area contributed by atoms with E-state index < -0.39 is 16.0 Å². The maximum absolute atomic E-state index is 13.0. The monoisotopic (exact) mass is 471 g/mol. The highest BCUT2D eigenvalue weighted by Gasteiger charge is 2.18. The number of ether oxygens (including phenoxy) is 1. The molecular formula is C24H29N3O5S. The SMILES string of the molecule is CCCCn1c(=O)c(CCC(=O)OCc2cccc(S(=O)(=O)N(C)C)c2)nc2ccccc21. The first-order valence-electron chi connectivity index (χ1n) is 10.9. The first kappa shape index (κ1) is 24.6. The highest BCUT2D eigenvalue weighted by Crippen LogP contribution is 2.16. The van der Waals surface area contributed by atoms with Crippen LogP contribution in [-0.4, -0.2) is 42.3 Å². The zero-order valence-electron chi connectivity index (χ0n) is 19.2. The summed E-state index contributed by atoms with van der Waals surface area (Å²) in [6.45, 7) is 2.61. The van der Waals surface area contributed by atoms with Crippen molar-refractivity contribution in [2.75, 3.05) is 14.1 Å². The molecule has 9 heteroatoms. The van der Waals surface area contributed by atoms with Gasteiger partial charge in [-0.15, -0.1) is 0 Å². The largest absolute Gasteiger partial charge is 0.461 e. The number of esters is 1. The Bertz CT molecular complexity index is 1300. The van der Waals surface area contributed by atoms with Gasteiger partial charge in [-0.3, -0.25) is 9.59 Å². The summed E-state index contributed by atoms with van der Waals surface area (Å²) in [6, 6.07) is 13.8. The van der Waals surface area contributed by atoms with Gasteiger partial charge >= 0.3 is 5.97 Å². The molecule has 33 heavy (non-hydrogen) atoms. The van der Waals surface area contributed by atoms with Crippen LogP contribution in [0.15, 0.2) is 58.2 Å². The number of aromatic nitrogens is 2. The van der Waals surface area contributed by atoms with E-state index in [1.165, 1.54) is 26.2 Å². The van der Waals surface area contributed by atoms with Crippen molar-refractivity contribution in [2.24, 2.45) is 0 Å². The number of aryl methyl sites for hydroxylation is 2. The van der Waals surface area contributed by atoms with Crippen LogP contribution in [0.2, 0.25) is 0 Å². The van der Waals surface area contributed by atoms with Crippen molar-refractivity contribution in [1.29, 1.82) is 0 Å². The average molecular weight is 472 g/mol. The molecule has 0 aliphatic carbocycles. The molecule has 0 unspecified atom stereocenters. The summed E-state index contributed by atoms with van der Waals surface area (Å²) in [5.41, 5.74) is 2.22. The molecule has 3 aromatic rings. The minimum atomic E-state index is -3.57. The summed E-state index contributed by atoms with van der Waals surface area (Å²) in [5.74, 6) is -0.481. The van der Waals surface area contributed by atoms with Gasteiger partial charge in [-0.2, -0.15) is 0 Å². The Morgan fingerprint density at radius 2 is 1.88 bits per heavy atom. The molecule has 0 atom stereocenters. The molecular weight excluding hydrogens is 442 g/mol. The van der Waals surface area contributed by atoms with Crippen LogP contribution < -0.4 is 5.56 Å². The number of carbonyl (C=O) groups excluding carboxylic acids is 1. The third kappa shape index (κ3) is 5.85. The van der Waals surface area contributed by atoms with E-state index in [9.17, 15) is 18.0 Å². The van der Waals surface area contributed by atoms with Gasteiger partial charge in [0.15, 0.2) is 0 Å². The second-order valence-corrected chi connectivity index (χ2v) is 10.1. The average Bonchev–Trinajstić information content (AvgIpc) is 2.81. The Balaban J connectivity index is 1.68. The van der Waals surface area contributed by atoms with Crippen LogP contribution >= 0.6 is 0 Å². The van der Waals surface area contributed by atoms with Crippen LogP contribution in [-0.2, 0) is 39.1 Å². The van der Waals surface area contributed by atoms with E-state index in [1.54, 1.807) is 16.7 Å². The lowest BCUT2D eigenvalue weighted by Gasteiger charge is -2.13. The van der Waals surface area contributed by atoms with E-state index in [0.717, 1.165) is 28.2 Å². The highest BCUT2D eigenvalue weighted by atomic mass is 32.2. The van der Waals surface area contributed by atoms with Crippen LogP contribution in [0.25, 0.3) is 11.0 Å². The van der Waals surface area contributed by atoms with Gasteiger partial charge < -0.3 is 9.30 Å². The number of carbonyl (C=O) groups is 1. The lowest BCUT2D eigenvalue weighted by molar-refractivity contribution is -0.144. The van der Waals surface area contributed by atoms with Crippen molar-refractivity contribution in [3.8, 4) is 0 Å². The predicted octanol–water partition coefficient (Wildman–Crippen LogP) is 3.12. The van der Waals surface area contributed by atoms with Gasteiger partial charge in [0.25, 0.3) is 5.56 Å². The number of unbranched alkanes of at least 4 members (excludes halogenated alkanes) is 1. The van der Waals surface area contributed by atoms with E-state index in [2.05, 4.69) is 11.9 Å². The van der Waals surface area contributed by atoms with Gasteiger partial charge in [0.1, 0.15) is 12.3 Å². The van der Waals surface area contributed by atoms with E-state index in [4.69, 9.17) is 4.74 Å². The van der Waals surface area contributed by atoms with Crippen LogP contribution in [0.3, 0.4) is 0 Å². The van der Waals surface area contributed by atoms with Crippen molar-refractivity contribution < 1.29 is 17.9 Å². The summed E-state index contributed by atoms with van der Waals surface area (Å²) in [5, 5.41) is 0. The number of fused-ring (bicyclic) bond motifs is 1. The van der Waals surface area contributed by atoms with E-state index in [1.807, 2.05) is 24.3 Å². The van der Waals surface area contributed by atoms with Crippen molar-refractivity contribution >= 4 is 27.0 Å². The molecule has 2 aromatic carbocycles. The molecule has 0 saturated carbocycles. The Morgan fingerprint density at radius 3 is 2.61 bits per heavy atom. The van der Waals surface area contributed by atoms with E-state index in [-0.39, 0.29) is 29.9 Å². The van der Waals surface area contributed by atoms with Crippen molar-refractivity contribution in [3.05, 3.63) is 70.1 Å². The molecule has 8 nitrogen and oxygen atoms in total. The zero-order chi connectivity index (χ0) is 24.0. The number of nitrogens with zero attached hydrogens (tertiary/aromatic N) is 3. The predicted molar refractivity (Wildman–Crippen MR) is 126 cm³/mol. The molecule has 1 aromatic heterocycles. The molecule has 0 bridgehead atoms. The van der Waals surface area contributed by atoms with Crippen LogP contribution in [0.1, 0.15) is 37.4 Å². The Labute approximate surface area is 193 Å². The zero-order valence-corrected chi connectivity index (χ0v) is 20.0. The molecule has 0 N–H and O–H groups in total. The van der Waals surface area contributed by atoms with Gasteiger partial charge in [-0.25, -0.2) is 17.7 Å². The second-order valence-electron chi connectivity index (χ2n) is 7.95. The normalized spacial score (nSPS) is 11.8. The minimum Gasteiger partial charge on any atom is -0.461 e. The van der Waals surface area contributed by atoms with Crippen molar-refractivity contribution in [3.63, 3.8) is 0 Å². The molecule has 0 radical (unpaired) electrons. The number of sulfonamides is 1. The van der Waals surface area contributed by atoms with Gasteiger partial charge in [-0.1, -0.05) is 37.6 Å². The molecule has 0 saturated heterocycles. The number of benzene rings is 2. The van der Waals surface area contributed by atoms with Crippen LogP contribution in [0.4, 0.5) is 0 Å². The topological polar surface area (TPSA) is 98.6 Å². The summed E-state index contributed by atoms with van der Waals surface area (Å²) in [6.07, 6.45) is 2.01. The Morgan fingerprint density at radius 1 is 1.12 bits per heavy atom. The fraction of sp³-hybridized carbons (Fsp3) is 0.375. The molecule has 0 spiro atoms. The molecule has 3 rings (SSSR count). The van der Waals surface area contributed by atoms with Crippen molar-refractivity contribution in [2.45, 2.75) is 50.7 Å². The van der Waals surface area contributed by atoms with Gasteiger partial charge in [0.2, 0.25) is 10.0 Å². The molecule has 0 aliphatic rings. The van der Waals surface area contributed by atoms with Gasteiger partial charge in [-0.05, 0) is 36.2 Å². The quantitative estimate of drug-likeness (QED) is 0.421. The van der Waals surface area contributed by atoms with Crippen LogP contribution in [0, 0.1) is 0 Å². The first-order chi connectivity index (χ1) is 15.7. The third-order valence-electron chi connectivity index (χ3n) is 5.30. The standard InChI is InChI=1S/C24H29N3O5S/c1-4-5-15-27-22-12-7-6-11-20(22)25-21(24(27)29)13-14-23(28)32-17-18-9-8-10-19(16-18)33(30,31)26(2)3/h6-12,16H,4-5,13-15,17H2,1-3H3. The van der Waals surface area contributed by atoms with Gasteiger partial charge in [0.05, 0.1) is 22.3 Å². The van der Waals surface area contributed by atoms with E-state index >= 15 is 0 Å². The molecule has 0 aliphatic heterocycles. The molecule has 1 heterocycles. The number of para-hydroxylation sites is 2. The van der Waals surface area contributed by atoms with Gasteiger partial charge in [0, 0.05) is 27.1 Å². The molecule has 0 fully saturated rings. The summed E-state index contributed by atoms with van der Waals surface area (Å²) >= 11 is 0. The smallest absolute Gasteiger partial charge is 0.306 e. The Kier molecular flexibility index (Phi) is 7.99.